The lowest BCUT2D eigenvalue weighted by atomic mass is 9.97. The number of carbonyl (C=O) groups excluding carboxylic acids is 1. The molecule has 0 radical (unpaired) electrons. The number of benzene rings is 3. The first kappa shape index (κ1) is 22.2. The van der Waals surface area contributed by atoms with Gasteiger partial charge in [-0.2, -0.15) is 0 Å². The monoisotopic (exact) mass is 427 g/mol. The summed E-state index contributed by atoms with van der Waals surface area (Å²) in [7, 11) is 0. The number of hydrogen-bond acceptors (Lipinski definition) is 3. The largest absolute Gasteiger partial charge is 0.481 e. The molecular formula is C24H20F3NO3. The lowest BCUT2D eigenvalue weighted by Crippen LogP contribution is -2.42. The van der Waals surface area contributed by atoms with E-state index in [4.69, 9.17) is 0 Å². The molecule has 4 nitrogen and oxygen atoms in total. The second-order valence-electron chi connectivity index (χ2n) is 7.10. The number of rotatable bonds is 9. The van der Waals surface area contributed by atoms with Crippen LogP contribution in [0.4, 0.5) is 13.2 Å². The van der Waals surface area contributed by atoms with Crippen molar-refractivity contribution in [3.63, 3.8) is 0 Å². The van der Waals surface area contributed by atoms with Crippen molar-refractivity contribution in [1.82, 2.24) is 4.90 Å². The van der Waals surface area contributed by atoms with Gasteiger partial charge in [0, 0.05) is 19.2 Å². The van der Waals surface area contributed by atoms with E-state index in [9.17, 15) is 27.9 Å². The lowest BCUT2D eigenvalue weighted by Gasteiger charge is -2.30. The molecule has 160 valence electrons. The van der Waals surface area contributed by atoms with Gasteiger partial charge >= 0.3 is 5.97 Å². The van der Waals surface area contributed by atoms with Crippen LogP contribution in [-0.4, -0.2) is 27.8 Å². The van der Waals surface area contributed by atoms with Gasteiger partial charge in [-0.15, -0.1) is 0 Å². The summed E-state index contributed by atoms with van der Waals surface area (Å²) in [6, 6.07) is 17.6. The molecule has 1 unspecified atom stereocenters. The van der Waals surface area contributed by atoms with Gasteiger partial charge in [-0.3, -0.25) is 14.5 Å². The Bertz CT molecular complexity index is 1020. The van der Waals surface area contributed by atoms with Crippen molar-refractivity contribution in [2.45, 2.75) is 25.6 Å². The minimum Gasteiger partial charge on any atom is -0.481 e. The van der Waals surface area contributed by atoms with Crippen LogP contribution in [0.5, 0.6) is 0 Å². The van der Waals surface area contributed by atoms with E-state index in [2.05, 4.69) is 0 Å². The molecule has 31 heavy (non-hydrogen) atoms. The molecule has 0 aliphatic rings. The van der Waals surface area contributed by atoms with Gasteiger partial charge in [-0.25, -0.2) is 13.2 Å². The van der Waals surface area contributed by atoms with Crippen molar-refractivity contribution in [1.29, 1.82) is 0 Å². The molecule has 7 heteroatoms. The maximum atomic E-state index is 14.3. The van der Waals surface area contributed by atoms with Gasteiger partial charge in [0.15, 0.2) is 17.4 Å². The molecule has 0 heterocycles. The summed E-state index contributed by atoms with van der Waals surface area (Å²) in [5.74, 6) is -6.23. The summed E-state index contributed by atoms with van der Waals surface area (Å²) >= 11 is 0. The topological polar surface area (TPSA) is 57.6 Å². The third kappa shape index (κ3) is 5.79. The second kappa shape index (κ2) is 10.0. The predicted octanol–water partition coefficient (Wildman–Crippen LogP) is 4.83. The van der Waals surface area contributed by atoms with Crippen LogP contribution in [0.25, 0.3) is 0 Å². The first-order valence-electron chi connectivity index (χ1n) is 9.57. The van der Waals surface area contributed by atoms with Crippen molar-refractivity contribution in [2.75, 3.05) is 0 Å². The fourth-order valence-corrected chi connectivity index (χ4v) is 3.36. The van der Waals surface area contributed by atoms with Crippen LogP contribution in [0.3, 0.4) is 0 Å². The van der Waals surface area contributed by atoms with E-state index in [1.54, 1.807) is 29.2 Å². The van der Waals surface area contributed by atoms with Gasteiger partial charge in [-0.1, -0.05) is 60.7 Å². The molecule has 1 N–H and O–H groups in total. The van der Waals surface area contributed by atoms with Crippen LogP contribution in [0.2, 0.25) is 0 Å². The Labute approximate surface area is 177 Å². The van der Waals surface area contributed by atoms with E-state index in [1.807, 2.05) is 36.4 Å². The molecule has 3 aromatic rings. The van der Waals surface area contributed by atoms with Crippen molar-refractivity contribution < 1.29 is 27.9 Å². The highest BCUT2D eigenvalue weighted by atomic mass is 19.2. The molecular weight excluding hydrogens is 407 g/mol. The maximum absolute atomic E-state index is 14.3. The van der Waals surface area contributed by atoms with Crippen LogP contribution < -0.4 is 0 Å². The number of Topliss-reactive ketones (excluding diaryl/α,β-unsaturated/α-hetero) is 1. The highest BCUT2D eigenvalue weighted by Gasteiger charge is 2.32. The number of carboxylic acids is 1. The predicted molar refractivity (Wildman–Crippen MR) is 109 cm³/mol. The summed E-state index contributed by atoms with van der Waals surface area (Å²) in [6.45, 7) is 0.398. The van der Waals surface area contributed by atoms with Crippen LogP contribution >= 0.6 is 0 Å². The van der Waals surface area contributed by atoms with Crippen LogP contribution in [0.1, 0.15) is 27.9 Å². The number of nitrogens with zero attached hydrogens (tertiary/aromatic N) is 1. The zero-order chi connectivity index (χ0) is 22.4. The van der Waals surface area contributed by atoms with Crippen LogP contribution in [-0.2, 0) is 17.9 Å². The Morgan fingerprint density at radius 3 is 1.74 bits per heavy atom. The molecule has 0 aliphatic carbocycles. The SMILES string of the molecule is O=C(O)CC(C(=O)c1cc(F)c(F)cc1F)N(Cc1ccccc1)Cc1ccccc1. The van der Waals surface area contributed by atoms with Crippen LogP contribution in [0, 0.1) is 17.5 Å². The minimum absolute atomic E-state index is 0.199. The first-order valence-corrected chi connectivity index (χ1v) is 9.57. The van der Waals surface area contributed by atoms with E-state index in [0.29, 0.717) is 12.1 Å². The number of carboxylic acid groups (broad SMARTS) is 1. The van der Waals surface area contributed by atoms with E-state index in [-0.39, 0.29) is 13.1 Å². The fraction of sp³-hybridized carbons (Fsp3) is 0.167. The molecule has 0 saturated carbocycles. The number of halogens is 3. The number of ketones is 1. The van der Waals surface area contributed by atoms with E-state index >= 15 is 0 Å². The minimum atomic E-state index is -1.42. The molecule has 3 aromatic carbocycles. The standard InChI is InChI=1S/C24H20F3NO3/c25-19-12-21(27)20(26)11-18(19)24(31)22(13-23(29)30)28(14-16-7-3-1-4-8-16)15-17-9-5-2-6-10-17/h1-12,22H,13-15H2,(H,29,30). The molecule has 0 bridgehead atoms. The van der Waals surface area contributed by atoms with Gasteiger partial charge in [0.2, 0.25) is 0 Å². The Balaban J connectivity index is 2.02. The molecule has 0 saturated heterocycles. The zero-order valence-corrected chi connectivity index (χ0v) is 16.5. The van der Waals surface area contributed by atoms with Gasteiger partial charge in [0.1, 0.15) is 5.82 Å². The molecule has 1 atom stereocenters. The van der Waals surface area contributed by atoms with Gasteiger partial charge in [0.05, 0.1) is 18.0 Å². The summed E-state index contributed by atoms with van der Waals surface area (Å²) in [5.41, 5.74) is 0.941. The van der Waals surface area contributed by atoms with E-state index in [0.717, 1.165) is 11.1 Å². The van der Waals surface area contributed by atoms with Crippen molar-refractivity contribution in [2.24, 2.45) is 0 Å². The summed E-state index contributed by atoms with van der Waals surface area (Å²) < 4.78 is 41.4. The van der Waals surface area contributed by atoms with Crippen molar-refractivity contribution in [3.8, 4) is 0 Å². The fourth-order valence-electron chi connectivity index (χ4n) is 3.36. The maximum Gasteiger partial charge on any atom is 0.305 e. The Kier molecular flexibility index (Phi) is 7.20. The molecule has 0 aliphatic heterocycles. The molecule has 3 rings (SSSR count). The van der Waals surface area contributed by atoms with Gasteiger partial charge < -0.3 is 5.11 Å². The van der Waals surface area contributed by atoms with E-state index < -0.39 is 47.2 Å². The first-order chi connectivity index (χ1) is 14.8. The Morgan fingerprint density at radius 1 is 0.774 bits per heavy atom. The van der Waals surface area contributed by atoms with E-state index in [1.165, 1.54) is 0 Å². The number of carbonyl (C=O) groups is 2. The van der Waals surface area contributed by atoms with Gasteiger partial charge in [-0.05, 0) is 17.2 Å². The number of hydrogen-bond donors (Lipinski definition) is 1. The smallest absolute Gasteiger partial charge is 0.305 e. The van der Waals surface area contributed by atoms with Crippen LogP contribution in [0.15, 0.2) is 72.8 Å². The summed E-state index contributed by atoms with van der Waals surface area (Å²) in [6.07, 6.45) is -0.628. The number of aliphatic carboxylic acids is 1. The highest BCUT2D eigenvalue weighted by Crippen LogP contribution is 2.22. The lowest BCUT2D eigenvalue weighted by molar-refractivity contribution is -0.138. The van der Waals surface area contributed by atoms with Crippen molar-refractivity contribution >= 4 is 11.8 Å². The highest BCUT2D eigenvalue weighted by molar-refractivity contribution is 6.02. The van der Waals surface area contributed by atoms with Gasteiger partial charge in [0.25, 0.3) is 0 Å². The van der Waals surface area contributed by atoms with Crippen molar-refractivity contribution in [3.05, 3.63) is 107 Å². The Morgan fingerprint density at radius 2 is 1.26 bits per heavy atom. The third-order valence-corrected chi connectivity index (χ3v) is 4.84. The Hall–Kier alpha value is -3.45. The average molecular weight is 427 g/mol. The quantitative estimate of drug-likeness (QED) is 0.393. The second-order valence-corrected chi connectivity index (χ2v) is 7.10. The molecule has 0 fully saturated rings. The summed E-state index contributed by atoms with van der Waals surface area (Å²) in [4.78, 5) is 26.3. The average Bonchev–Trinajstić information content (AvgIpc) is 2.75. The zero-order valence-electron chi connectivity index (χ0n) is 16.5. The molecule has 0 aromatic heterocycles. The molecule has 0 spiro atoms. The third-order valence-electron chi connectivity index (χ3n) is 4.84. The summed E-state index contributed by atoms with van der Waals surface area (Å²) in [5, 5.41) is 9.42. The molecule has 0 amide bonds. The normalized spacial score (nSPS) is 12.0.